The summed E-state index contributed by atoms with van der Waals surface area (Å²) in [5.41, 5.74) is 0.662. The second kappa shape index (κ2) is 25.9. The van der Waals surface area contributed by atoms with E-state index in [2.05, 4.69) is 27.7 Å². The van der Waals surface area contributed by atoms with Crippen LogP contribution in [0.4, 0.5) is 0 Å². The van der Waals surface area contributed by atoms with Crippen LogP contribution >= 0.6 is 0 Å². The highest BCUT2D eigenvalue weighted by molar-refractivity contribution is 5.69. The Morgan fingerprint density at radius 1 is 0.366 bits per heavy atom. The quantitative estimate of drug-likeness (QED) is 0.0731. The Bertz CT molecular complexity index is 748. The van der Waals surface area contributed by atoms with Gasteiger partial charge in [-0.1, -0.05) is 143 Å². The Balaban J connectivity index is 3.10. The van der Waals surface area contributed by atoms with Crippen LogP contribution in [0.1, 0.15) is 175 Å². The van der Waals surface area contributed by atoms with Gasteiger partial charge in [0.25, 0.3) is 0 Å². The third-order valence-corrected chi connectivity index (χ3v) is 7.92. The van der Waals surface area contributed by atoms with Gasteiger partial charge in [-0.2, -0.15) is 0 Å². The molecule has 0 saturated heterocycles. The topological polar surface area (TPSA) is 68.2 Å². The molecule has 0 saturated carbocycles. The smallest absolute Gasteiger partial charge is 0.211 e. The molecule has 1 aromatic rings. The van der Waals surface area contributed by atoms with Crippen LogP contribution in [0.2, 0.25) is 0 Å². The van der Waals surface area contributed by atoms with Crippen molar-refractivity contribution in [3.8, 4) is 28.7 Å². The maximum absolute atomic E-state index is 11.2. The summed E-state index contributed by atoms with van der Waals surface area (Å²) in [6.45, 7) is 10.5. The summed E-state index contributed by atoms with van der Waals surface area (Å²) in [5, 5.41) is 22.3. The molecule has 0 spiro atoms. The van der Waals surface area contributed by atoms with Crippen LogP contribution in [-0.4, -0.2) is 30.0 Å². The van der Waals surface area contributed by atoms with Crippen LogP contribution in [0.5, 0.6) is 28.7 Å². The van der Waals surface area contributed by atoms with E-state index in [0.29, 0.717) is 43.3 Å². The second-order valence-electron chi connectivity index (χ2n) is 11.8. The van der Waals surface area contributed by atoms with Crippen molar-refractivity contribution in [3.63, 3.8) is 0 Å². The monoisotopic (exact) mass is 578 g/mol. The van der Waals surface area contributed by atoms with E-state index in [1.165, 1.54) is 77.0 Å². The maximum Gasteiger partial charge on any atom is 0.211 e. The Morgan fingerprint density at radius 3 is 1.15 bits per heavy atom. The lowest BCUT2D eigenvalue weighted by atomic mass is 10.0. The minimum Gasteiger partial charge on any atom is -0.504 e. The van der Waals surface area contributed by atoms with Gasteiger partial charge in [0.15, 0.2) is 11.5 Å². The Morgan fingerprint density at radius 2 is 0.707 bits per heavy atom. The zero-order valence-electron chi connectivity index (χ0n) is 27.5. The van der Waals surface area contributed by atoms with Crippen molar-refractivity contribution < 1.29 is 24.4 Å². The summed E-state index contributed by atoms with van der Waals surface area (Å²) in [6, 6.07) is 0. The van der Waals surface area contributed by atoms with Crippen molar-refractivity contribution in [3.05, 3.63) is 5.56 Å². The fraction of sp³-hybridized carbons (Fsp3) is 0.833. The molecule has 0 atom stereocenters. The summed E-state index contributed by atoms with van der Waals surface area (Å²) >= 11 is 0. The number of aromatic hydroxyl groups is 2. The molecule has 0 heterocycles. The van der Waals surface area contributed by atoms with Gasteiger partial charge in [-0.3, -0.25) is 0 Å². The molecule has 0 aliphatic heterocycles. The molecule has 5 nitrogen and oxygen atoms in total. The fourth-order valence-electron chi connectivity index (χ4n) is 5.25. The van der Waals surface area contributed by atoms with Crippen molar-refractivity contribution in [2.45, 2.75) is 175 Å². The van der Waals surface area contributed by atoms with Crippen LogP contribution in [0.3, 0.4) is 0 Å². The first-order chi connectivity index (χ1) is 20.1. The number of benzene rings is 1. The lowest BCUT2D eigenvalue weighted by Gasteiger charge is -2.22. The van der Waals surface area contributed by atoms with Crippen LogP contribution in [-0.2, 0) is 6.42 Å². The molecule has 0 amide bonds. The molecule has 1 aromatic carbocycles. The zero-order valence-corrected chi connectivity index (χ0v) is 27.5. The molecule has 0 unspecified atom stereocenters. The molecule has 240 valence electrons. The average molecular weight is 579 g/mol. The van der Waals surface area contributed by atoms with Gasteiger partial charge in [-0.25, -0.2) is 0 Å². The van der Waals surface area contributed by atoms with Gasteiger partial charge in [0.2, 0.25) is 17.2 Å². The van der Waals surface area contributed by atoms with Crippen LogP contribution in [0.15, 0.2) is 0 Å². The normalized spacial score (nSPS) is 11.2. The number of ether oxygens (including phenoxy) is 3. The maximum atomic E-state index is 11.2. The molecule has 41 heavy (non-hydrogen) atoms. The average Bonchev–Trinajstić information content (AvgIpc) is 2.98. The molecule has 2 N–H and O–H groups in total. The van der Waals surface area contributed by atoms with Gasteiger partial charge in [0.05, 0.1) is 19.8 Å². The summed E-state index contributed by atoms with van der Waals surface area (Å²) in [5.74, 6) is 0.999. The van der Waals surface area contributed by atoms with Crippen LogP contribution in [0, 0.1) is 0 Å². The highest BCUT2D eigenvalue weighted by atomic mass is 16.5. The number of phenols is 2. The summed E-state index contributed by atoms with van der Waals surface area (Å²) < 4.78 is 19.0. The lowest BCUT2D eigenvalue weighted by Crippen LogP contribution is -2.09. The van der Waals surface area contributed by atoms with Gasteiger partial charge < -0.3 is 24.4 Å². The van der Waals surface area contributed by atoms with E-state index in [1.807, 2.05) is 0 Å². The van der Waals surface area contributed by atoms with E-state index in [1.54, 1.807) is 0 Å². The van der Waals surface area contributed by atoms with E-state index < -0.39 is 0 Å². The predicted octanol–water partition coefficient (Wildman–Crippen LogP) is 11.4. The number of hydrogen-bond acceptors (Lipinski definition) is 5. The fourth-order valence-corrected chi connectivity index (χ4v) is 5.25. The van der Waals surface area contributed by atoms with Gasteiger partial charge in [0.1, 0.15) is 0 Å². The largest absolute Gasteiger partial charge is 0.504 e. The first kappa shape index (κ1) is 37.2. The third-order valence-electron chi connectivity index (χ3n) is 7.92. The molecular weight excluding hydrogens is 512 g/mol. The standard InChI is InChI=1S/C36H66O5/c1-5-9-13-17-20-24-28-39-34-31(27-23-16-12-8-4)32(37)33(38)35(40-29-25-21-18-14-10-6-2)36(34)41-30-26-22-19-15-11-7-3/h37-38H,5-30H2,1-4H3. The molecule has 0 aromatic heterocycles. The third kappa shape index (κ3) is 16.4. The van der Waals surface area contributed by atoms with Gasteiger partial charge in [-0.05, 0) is 32.1 Å². The Hall–Kier alpha value is -1.78. The number of rotatable bonds is 29. The van der Waals surface area contributed by atoms with Crippen LogP contribution in [0.25, 0.3) is 0 Å². The van der Waals surface area contributed by atoms with E-state index in [0.717, 1.165) is 64.2 Å². The van der Waals surface area contributed by atoms with Crippen molar-refractivity contribution in [1.82, 2.24) is 0 Å². The lowest BCUT2D eigenvalue weighted by molar-refractivity contribution is 0.222. The van der Waals surface area contributed by atoms with Gasteiger partial charge in [0, 0.05) is 5.56 Å². The number of phenolic OH excluding ortho intramolecular Hbond substituents is 2. The van der Waals surface area contributed by atoms with Gasteiger partial charge in [-0.15, -0.1) is 0 Å². The van der Waals surface area contributed by atoms with E-state index >= 15 is 0 Å². The van der Waals surface area contributed by atoms with E-state index in [9.17, 15) is 10.2 Å². The van der Waals surface area contributed by atoms with Crippen molar-refractivity contribution in [2.24, 2.45) is 0 Å². The summed E-state index contributed by atoms with van der Waals surface area (Å²) in [4.78, 5) is 0. The highest BCUT2D eigenvalue weighted by Crippen LogP contribution is 2.53. The highest BCUT2D eigenvalue weighted by Gasteiger charge is 2.27. The number of hydrogen-bond donors (Lipinski definition) is 2. The molecule has 0 aliphatic rings. The Kier molecular flexibility index (Phi) is 23.5. The molecule has 0 aliphatic carbocycles. The van der Waals surface area contributed by atoms with Crippen LogP contribution < -0.4 is 14.2 Å². The van der Waals surface area contributed by atoms with E-state index in [4.69, 9.17) is 14.2 Å². The first-order valence-corrected chi connectivity index (χ1v) is 17.6. The van der Waals surface area contributed by atoms with Crippen molar-refractivity contribution >= 4 is 0 Å². The summed E-state index contributed by atoms with van der Waals surface area (Å²) in [6.07, 6.45) is 26.1. The predicted molar refractivity (Wildman–Crippen MR) is 174 cm³/mol. The molecule has 0 radical (unpaired) electrons. The number of unbranched alkanes of at least 4 members (excludes halogenated alkanes) is 18. The zero-order chi connectivity index (χ0) is 30.0. The molecule has 5 heteroatoms. The van der Waals surface area contributed by atoms with Crippen molar-refractivity contribution in [2.75, 3.05) is 19.8 Å². The Labute approximate surface area is 253 Å². The molecule has 1 rings (SSSR count). The minimum absolute atomic E-state index is 0.107. The molecule has 0 bridgehead atoms. The van der Waals surface area contributed by atoms with E-state index in [-0.39, 0.29) is 17.2 Å². The molecule has 0 fully saturated rings. The second-order valence-corrected chi connectivity index (χ2v) is 11.8. The minimum atomic E-state index is -0.202. The van der Waals surface area contributed by atoms with Gasteiger partial charge >= 0.3 is 0 Å². The molecular formula is C36H66O5. The first-order valence-electron chi connectivity index (χ1n) is 17.6. The SMILES string of the molecule is CCCCCCCCOc1c(O)c(O)c(CCCCCC)c(OCCCCCCCC)c1OCCCCCCCC. The summed E-state index contributed by atoms with van der Waals surface area (Å²) in [7, 11) is 0. The van der Waals surface area contributed by atoms with Crippen molar-refractivity contribution in [1.29, 1.82) is 0 Å².